The van der Waals surface area contributed by atoms with Gasteiger partial charge in [0.1, 0.15) is 6.29 Å². The summed E-state index contributed by atoms with van der Waals surface area (Å²) in [5, 5.41) is 13.7. The largest absolute Gasteiger partial charge is 0.493 e. The van der Waals surface area contributed by atoms with Gasteiger partial charge in [-0.25, -0.2) is 0 Å². The Bertz CT molecular complexity index is 852. The van der Waals surface area contributed by atoms with Gasteiger partial charge in [0, 0.05) is 18.2 Å². The van der Waals surface area contributed by atoms with E-state index in [0.29, 0.717) is 17.8 Å². The lowest BCUT2D eigenvalue weighted by Gasteiger charge is -2.11. The molecule has 0 radical (unpaired) electrons. The summed E-state index contributed by atoms with van der Waals surface area (Å²) < 4.78 is 15.5. The Morgan fingerprint density at radius 3 is 2.44 bits per heavy atom. The molecule has 0 aliphatic rings. The van der Waals surface area contributed by atoms with E-state index in [0.717, 1.165) is 11.6 Å². The SMILES string of the molecule is COc1ccc(CNC(=O)COc2ccc(C=O)cc2[N+](=O)[O-])cc1OC. The van der Waals surface area contributed by atoms with E-state index in [1.54, 1.807) is 18.2 Å². The van der Waals surface area contributed by atoms with Crippen LogP contribution in [0.5, 0.6) is 17.2 Å². The lowest BCUT2D eigenvalue weighted by molar-refractivity contribution is -0.385. The number of rotatable bonds is 9. The van der Waals surface area contributed by atoms with E-state index in [-0.39, 0.29) is 23.5 Å². The summed E-state index contributed by atoms with van der Waals surface area (Å²) in [6, 6.07) is 8.95. The number of nitrogens with one attached hydrogen (secondary N) is 1. The highest BCUT2D eigenvalue weighted by atomic mass is 16.6. The number of methoxy groups -OCH3 is 2. The quantitative estimate of drug-likeness (QED) is 0.406. The molecule has 9 nitrogen and oxygen atoms in total. The van der Waals surface area contributed by atoms with Gasteiger partial charge in [-0.1, -0.05) is 6.07 Å². The van der Waals surface area contributed by atoms with Gasteiger partial charge in [0.05, 0.1) is 19.1 Å². The van der Waals surface area contributed by atoms with Crippen molar-refractivity contribution in [2.24, 2.45) is 0 Å². The van der Waals surface area contributed by atoms with E-state index in [1.165, 1.54) is 26.4 Å². The van der Waals surface area contributed by atoms with Crippen molar-refractivity contribution >= 4 is 17.9 Å². The third-order valence-electron chi connectivity index (χ3n) is 3.61. The van der Waals surface area contributed by atoms with Crippen LogP contribution in [0.4, 0.5) is 5.69 Å². The fraction of sp³-hybridized carbons (Fsp3) is 0.222. The molecule has 0 aromatic heterocycles. The van der Waals surface area contributed by atoms with Crippen molar-refractivity contribution in [1.82, 2.24) is 5.32 Å². The first-order chi connectivity index (χ1) is 13.0. The summed E-state index contributed by atoms with van der Waals surface area (Å²) >= 11 is 0. The molecule has 0 saturated heterocycles. The molecule has 27 heavy (non-hydrogen) atoms. The van der Waals surface area contributed by atoms with Crippen LogP contribution in [-0.4, -0.2) is 37.9 Å². The average Bonchev–Trinajstić information content (AvgIpc) is 2.70. The molecular formula is C18H18N2O7. The Morgan fingerprint density at radius 2 is 1.81 bits per heavy atom. The van der Waals surface area contributed by atoms with Crippen LogP contribution in [0, 0.1) is 10.1 Å². The van der Waals surface area contributed by atoms with Crippen molar-refractivity contribution in [3.05, 3.63) is 57.6 Å². The minimum atomic E-state index is -0.677. The summed E-state index contributed by atoms with van der Waals surface area (Å²) in [6.45, 7) is -0.191. The number of amides is 1. The van der Waals surface area contributed by atoms with Gasteiger partial charge in [0.2, 0.25) is 0 Å². The molecule has 0 aliphatic carbocycles. The number of hydrogen-bond donors (Lipinski definition) is 1. The van der Waals surface area contributed by atoms with Crippen LogP contribution in [0.15, 0.2) is 36.4 Å². The van der Waals surface area contributed by atoms with Gasteiger partial charge in [-0.05, 0) is 29.8 Å². The number of carbonyl (C=O) groups excluding carboxylic acids is 2. The molecule has 0 bridgehead atoms. The molecule has 0 heterocycles. The molecule has 2 rings (SSSR count). The molecule has 2 aromatic carbocycles. The highest BCUT2D eigenvalue weighted by molar-refractivity contribution is 5.79. The van der Waals surface area contributed by atoms with Crippen LogP contribution in [0.3, 0.4) is 0 Å². The van der Waals surface area contributed by atoms with Crippen LogP contribution >= 0.6 is 0 Å². The van der Waals surface area contributed by atoms with Gasteiger partial charge < -0.3 is 19.5 Å². The molecule has 0 fully saturated rings. The number of hydrogen-bond acceptors (Lipinski definition) is 7. The van der Waals surface area contributed by atoms with E-state index in [9.17, 15) is 19.7 Å². The minimum Gasteiger partial charge on any atom is -0.493 e. The second-order valence-electron chi connectivity index (χ2n) is 5.36. The highest BCUT2D eigenvalue weighted by Gasteiger charge is 2.17. The van der Waals surface area contributed by atoms with Crippen LogP contribution < -0.4 is 19.5 Å². The third-order valence-corrected chi connectivity index (χ3v) is 3.61. The van der Waals surface area contributed by atoms with E-state index < -0.39 is 17.4 Å². The Balaban J connectivity index is 1.95. The maximum absolute atomic E-state index is 12.0. The van der Waals surface area contributed by atoms with Crippen molar-refractivity contribution in [2.45, 2.75) is 6.54 Å². The Labute approximate surface area is 155 Å². The number of aldehydes is 1. The molecule has 0 saturated carbocycles. The van der Waals surface area contributed by atoms with Crippen molar-refractivity contribution in [1.29, 1.82) is 0 Å². The molecule has 0 aliphatic heterocycles. The number of nitro groups is 1. The fourth-order valence-corrected chi connectivity index (χ4v) is 2.26. The van der Waals surface area contributed by atoms with Gasteiger partial charge in [0.25, 0.3) is 5.91 Å². The van der Waals surface area contributed by atoms with Crippen LogP contribution in [0.25, 0.3) is 0 Å². The predicted molar refractivity (Wildman–Crippen MR) is 95.4 cm³/mol. The molecule has 0 spiro atoms. The zero-order chi connectivity index (χ0) is 19.8. The Morgan fingerprint density at radius 1 is 1.11 bits per heavy atom. The predicted octanol–water partition coefficient (Wildman–Crippen LogP) is 2.12. The number of nitro benzene ring substituents is 1. The number of benzene rings is 2. The second-order valence-corrected chi connectivity index (χ2v) is 5.36. The summed E-state index contributed by atoms with van der Waals surface area (Å²) in [5.74, 6) is 0.554. The normalized spacial score (nSPS) is 10.0. The zero-order valence-electron chi connectivity index (χ0n) is 14.8. The van der Waals surface area contributed by atoms with Crippen molar-refractivity contribution in [3.63, 3.8) is 0 Å². The Kier molecular flexibility index (Phi) is 6.70. The first-order valence-corrected chi connectivity index (χ1v) is 7.82. The van der Waals surface area contributed by atoms with E-state index >= 15 is 0 Å². The molecule has 1 N–H and O–H groups in total. The summed E-state index contributed by atoms with van der Waals surface area (Å²) in [6.07, 6.45) is 0.493. The van der Waals surface area contributed by atoms with Crippen molar-refractivity contribution in [3.8, 4) is 17.2 Å². The van der Waals surface area contributed by atoms with Crippen molar-refractivity contribution in [2.75, 3.05) is 20.8 Å². The molecule has 142 valence electrons. The molecule has 1 amide bonds. The maximum Gasteiger partial charge on any atom is 0.311 e. The number of ether oxygens (including phenoxy) is 3. The molecule has 0 atom stereocenters. The zero-order valence-corrected chi connectivity index (χ0v) is 14.8. The average molecular weight is 374 g/mol. The molecular weight excluding hydrogens is 356 g/mol. The summed E-state index contributed by atoms with van der Waals surface area (Å²) in [4.78, 5) is 33.0. The van der Waals surface area contributed by atoms with Gasteiger partial charge in [0.15, 0.2) is 23.9 Å². The van der Waals surface area contributed by atoms with Crippen LogP contribution in [0.1, 0.15) is 15.9 Å². The van der Waals surface area contributed by atoms with Gasteiger partial charge >= 0.3 is 5.69 Å². The topological polar surface area (TPSA) is 117 Å². The first-order valence-electron chi connectivity index (χ1n) is 7.82. The van der Waals surface area contributed by atoms with Crippen molar-refractivity contribution < 1.29 is 28.7 Å². The molecule has 9 heteroatoms. The van der Waals surface area contributed by atoms with E-state index in [2.05, 4.69) is 5.32 Å². The number of carbonyl (C=O) groups is 2. The van der Waals surface area contributed by atoms with Crippen LogP contribution in [-0.2, 0) is 11.3 Å². The summed E-state index contributed by atoms with van der Waals surface area (Å²) in [7, 11) is 3.04. The third kappa shape index (κ3) is 5.18. The lowest BCUT2D eigenvalue weighted by Crippen LogP contribution is -2.28. The lowest BCUT2D eigenvalue weighted by atomic mass is 10.2. The second kappa shape index (κ2) is 9.18. The molecule has 2 aromatic rings. The standard InChI is InChI=1S/C18H18N2O7/c1-25-16-6-3-12(8-17(16)26-2)9-19-18(22)11-27-15-5-4-13(10-21)7-14(15)20(23)24/h3-8,10H,9,11H2,1-2H3,(H,19,22). The van der Waals surface area contributed by atoms with E-state index in [1.807, 2.05) is 0 Å². The van der Waals surface area contributed by atoms with Gasteiger partial charge in [-0.2, -0.15) is 0 Å². The first kappa shape index (κ1) is 19.7. The van der Waals surface area contributed by atoms with E-state index in [4.69, 9.17) is 14.2 Å². The van der Waals surface area contributed by atoms with Crippen LogP contribution in [0.2, 0.25) is 0 Å². The summed E-state index contributed by atoms with van der Waals surface area (Å²) in [5.41, 5.74) is 0.543. The highest BCUT2D eigenvalue weighted by Crippen LogP contribution is 2.28. The maximum atomic E-state index is 12.0. The fourth-order valence-electron chi connectivity index (χ4n) is 2.26. The Hall–Kier alpha value is -3.62. The van der Waals surface area contributed by atoms with Gasteiger partial charge in [-0.15, -0.1) is 0 Å². The smallest absolute Gasteiger partial charge is 0.311 e. The monoisotopic (exact) mass is 374 g/mol. The minimum absolute atomic E-state index is 0.0909. The molecule has 0 unspecified atom stereocenters. The van der Waals surface area contributed by atoms with Gasteiger partial charge in [-0.3, -0.25) is 19.7 Å². The number of nitrogens with zero attached hydrogens (tertiary/aromatic N) is 1.